The second-order valence-electron chi connectivity index (χ2n) is 5.04. The highest BCUT2D eigenvalue weighted by Gasteiger charge is 2.20. The van der Waals surface area contributed by atoms with Gasteiger partial charge in [0.1, 0.15) is 10.7 Å². The highest BCUT2D eigenvalue weighted by Crippen LogP contribution is 2.15. The fourth-order valence-electron chi connectivity index (χ4n) is 2.30. The second kappa shape index (κ2) is 5.85. The maximum absolute atomic E-state index is 12.1. The molecule has 1 fully saturated rings. The minimum absolute atomic E-state index is 0.158. The van der Waals surface area contributed by atoms with Crippen LogP contribution in [0.3, 0.4) is 0 Å². The quantitative estimate of drug-likeness (QED) is 0.829. The number of rotatable bonds is 4. The summed E-state index contributed by atoms with van der Waals surface area (Å²) >= 11 is 0. The molecule has 0 aromatic carbocycles. The predicted octanol–water partition coefficient (Wildman–Crippen LogP) is 0.284. The molecule has 1 unspecified atom stereocenters. The highest BCUT2D eigenvalue weighted by molar-refractivity contribution is 7.89. The Morgan fingerprint density at radius 2 is 2.32 bits per heavy atom. The van der Waals surface area contributed by atoms with E-state index in [0.29, 0.717) is 18.3 Å². The normalized spacial score (nSPS) is 21.4. The van der Waals surface area contributed by atoms with Crippen LogP contribution in [0.15, 0.2) is 23.2 Å². The number of piperidine rings is 1. The smallest absolute Gasteiger partial charge is 0.242 e. The molecule has 0 aliphatic carbocycles. The zero-order chi connectivity index (χ0) is 13.9. The van der Waals surface area contributed by atoms with E-state index in [-0.39, 0.29) is 4.90 Å². The van der Waals surface area contributed by atoms with Crippen LogP contribution in [0.2, 0.25) is 0 Å². The SMILES string of the molecule is CN1CCCC(CNS(=O)(=O)c2ccc(N)nc2)C1. The molecule has 7 heteroatoms. The third-order valence-electron chi connectivity index (χ3n) is 3.35. The molecule has 3 N–H and O–H groups in total. The fourth-order valence-corrected chi connectivity index (χ4v) is 3.36. The zero-order valence-electron chi connectivity index (χ0n) is 11.0. The molecule has 0 radical (unpaired) electrons. The van der Waals surface area contributed by atoms with Gasteiger partial charge in [-0.25, -0.2) is 18.1 Å². The highest BCUT2D eigenvalue weighted by atomic mass is 32.2. The van der Waals surface area contributed by atoms with Crippen molar-refractivity contribution in [2.75, 3.05) is 32.4 Å². The van der Waals surface area contributed by atoms with Gasteiger partial charge in [-0.2, -0.15) is 0 Å². The predicted molar refractivity (Wildman–Crippen MR) is 74.1 cm³/mol. The molecule has 1 atom stereocenters. The first-order chi connectivity index (χ1) is 8.97. The number of nitrogens with zero attached hydrogens (tertiary/aromatic N) is 2. The molecule has 19 heavy (non-hydrogen) atoms. The minimum atomic E-state index is -3.48. The van der Waals surface area contributed by atoms with Crippen LogP contribution in [-0.4, -0.2) is 45.0 Å². The van der Waals surface area contributed by atoms with Crippen LogP contribution < -0.4 is 10.5 Å². The molecule has 2 heterocycles. The maximum Gasteiger partial charge on any atom is 0.242 e. The number of aromatic nitrogens is 1. The average molecular weight is 284 g/mol. The first kappa shape index (κ1) is 14.2. The molecular formula is C12H20N4O2S. The van der Waals surface area contributed by atoms with Crippen molar-refractivity contribution in [2.45, 2.75) is 17.7 Å². The number of pyridine rings is 1. The maximum atomic E-state index is 12.1. The van der Waals surface area contributed by atoms with Crippen LogP contribution in [-0.2, 0) is 10.0 Å². The van der Waals surface area contributed by atoms with Crippen molar-refractivity contribution in [3.8, 4) is 0 Å². The number of nitrogen functional groups attached to an aromatic ring is 1. The molecule has 1 aromatic heterocycles. The number of sulfonamides is 1. The monoisotopic (exact) mass is 284 g/mol. The van der Waals surface area contributed by atoms with Gasteiger partial charge >= 0.3 is 0 Å². The Bertz CT molecular complexity index is 515. The lowest BCUT2D eigenvalue weighted by atomic mass is 9.99. The van der Waals surface area contributed by atoms with E-state index < -0.39 is 10.0 Å². The second-order valence-corrected chi connectivity index (χ2v) is 6.81. The van der Waals surface area contributed by atoms with Gasteiger partial charge in [-0.05, 0) is 44.5 Å². The van der Waals surface area contributed by atoms with Gasteiger partial charge in [-0.1, -0.05) is 0 Å². The topological polar surface area (TPSA) is 88.3 Å². The zero-order valence-corrected chi connectivity index (χ0v) is 11.9. The molecule has 1 saturated heterocycles. The van der Waals surface area contributed by atoms with Crippen LogP contribution in [0.25, 0.3) is 0 Å². The number of nitrogens with one attached hydrogen (secondary N) is 1. The van der Waals surface area contributed by atoms with Gasteiger partial charge in [-0.15, -0.1) is 0 Å². The Hall–Kier alpha value is -1.18. The molecule has 0 bridgehead atoms. The van der Waals surface area contributed by atoms with E-state index in [1.165, 1.54) is 18.3 Å². The Balaban J connectivity index is 1.96. The van der Waals surface area contributed by atoms with E-state index in [0.717, 1.165) is 25.9 Å². The summed E-state index contributed by atoms with van der Waals surface area (Å²) in [5, 5.41) is 0. The molecule has 0 amide bonds. The van der Waals surface area contributed by atoms with Gasteiger partial charge in [0.25, 0.3) is 0 Å². The number of hydrogen-bond donors (Lipinski definition) is 2. The molecule has 1 aliphatic rings. The van der Waals surface area contributed by atoms with Gasteiger partial charge in [0.05, 0.1) is 0 Å². The number of hydrogen-bond acceptors (Lipinski definition) is 5. The molecule has 6 nitrogen and oxygen atoms in total. The van der Waals surface area contributed by atoms with Gasteiger partial charge in [0, 0.05) is 19.3 Å². The lowest BCUT2D eigenvalue weighted by Crippen LogP contribution is -2.39. The molecule has 1 aromatic rings. The van der Waals surface area contributed by atoms with E-state index in [2.05, 4.69) is 21.7 Å². The van der Waals surface area contributed by atoms with Gasteiger partial charge in [0.2, 0.25) is 10.0 Å². The van der Waals surface area contributed by atoms with Crippen LogP contribution in [0.5, 0.6) is 0 Å². The third kappa shape index (κ3) is 3.89. The van der Waals surface area contributed by atoms with Gasteiger partial charge < -0.3 is 10.6 Å². The van der Waals surface area contributed by atoms with Crippen LogP contribution >= 0.6 is 0 Å². The molecule has 0 spiro atoms. The molecule has 1 aliphatic heterocycles. The van der Waals surface area contributed by atoms with Crippen LogP contribution in [0, 0.1) is 5.92 Å². The standard InChI is InChI=1S/C12H20N4O2S/c1-16-6-2-3-10(9-16)7-15-19(17,18)11-4-5-12(13)14-8-11/h4-5,8,10,15H,2-3,6-7,9H2,1H3,(H2,13,14). The third-order valence-corrected chi connectivity index (χ3v) is 4.76. The number of likely N-dealkylation sites (tertiary alicyclic amines) is 1. The van der Waals surface area contributed by atoms with E-state index in [1.807, 2.05) is 0 Å². The van der Waals surface area contributed by atoms with Crippen molar-refractivity contribution < 1.29 is 8.42 Å². The van der Waals surface area contributed by atoms with E-state index in [4.69, 9.17) is 5.73 Å². The Morgan fingerprint density at radius 3 is 2.95 bits per heavy atom. The van der Waals surface area contributed by atoms with Crippen LogP contribution in [0.4, 0.5) is 5.82 Å². The van der Waals surface area contributed by atoms with Crippen molar-refractivity contribution in [2.24, 2.45) is 5.92 Å². The lowest BCUT2D eigenvalue weighted by molar-refractivity contribution is 0.211. The van der Waals surface area contributed by atoms with Crippen molar-refractivity contribution in [1.82, 2.24) is 14.6 Å². The Labute approximate surface area is 114 Å². The fraction of sp³-hybridized carbons (Fsp3) is 0.583. The number of nitrogens with two attached hydrogens (primary N) is 1. The summed E-state index contributed by atoms with van der Waals surface area (Å²) in [5.74, 6) is 0.683. The summed E-state index contributed by atoms with van der Waals surface area (Å²) < 4.78 is 26.8. The van der Waals surface area contributed by atoms with Crippen molar-refractivity contribution in [3.63, 3.8) is 0 Å². The lowest BCUT2D eigenvalue weighted by Gasteiger charge is -2.29. The molecular weight excluding hydrogens is 264 g/mol. The summed E-state index contributed by atoms with van der Waals surface area (Å²) in [6.45, 7) is 2.49. The minimum Gasteiger partial charge on any atom is -0.384 e. The summed E-state index contributed by atoms with van der Waals surface area (Å²) in [5.41, 5.74) is 5.44. The molecule has 2 rings (SSSR count). The largest absolute Gasteiger partial charge is 0.384 e. The summed E-state index contributed by atoms with van der Waals surface area (Å²) in [6.07, 6.45) is 3.46. The van der Waals surface area contributed by atoms with E-state index in [9.17, 15) is 8.42 Å². The average Bonchev–Trinajstić information content (AvgIpc) is 2.37. The van der Waals surface area contributed by atoms with Crippen LogP contribution in [0.1, 0.15) is 12.8 Å². The first-order valence-electron chi connectivity index (χ1n) is 6.37. The van der Waals surface area contributed by atoms with Crippen molar-refractivity contribution in [3.05, 3.63) is 18.3 Å². The van der Waals surface area contributed by atoms with E-state index in [1.54, 1.807) is 0 Å². The van der Waals surface area contributed by atoms with E-state index >= 15 is 0 Å². The first-order valence-corrected chi connectivity index (χ1v) is 7.85. The Morgan fingerprint density at radius 1 is 1.53 bits per heavy atom. The van der Waals surface area contributed by atoms with Gasteiger partial charge in [0.15, 0.2) is 0 Å². The van der Waals surface area contributed by atoms with Gasteiger partial charge in [-0.3, -0.25) is 0 Å². The summed E-state index contributed by atoms with van der Waals surface area (Å²) in [4.78, 5) is 6.19. The molecule has 106 valence electrons. The Kier molecular flexibility index (Phi) is 4.38. The van der Waals surface area contributed by atoms with Crippen molar-refractivity contribution >= 4 is 15.8 Å². The molecule has 0 saturated carbocycles. The van der Waals surface area contributed by atoms with Crippen molar-refractivity contribution in [1.29, 1.82) is 0 Å². The summed E-state index contributed by atoms with van der Waals surface area (Å²) in [7, 11) is -1.42. The number of anilines is 1. The summed E-state index contributed by atoms with van der Waals surface area (Å²) in [6, 6.07) is 2.96.